The fourth-order valence-electron chi connectivity index (χ4n) is 2.72. The van der Waals surface area contributed by atoms with E-state index in [4.69, 9.17) is 4.74 Å². The van der Waals surface area contributed by atoms with Crippen LogP contribution in [0.4, 0.5) is 0 Å². The maximum absolute atomic E-state index is 5.96. The zero-order chi connectivity index (χ0) is 8.77. The molecule has 3 unspecified atom stereocenters. The Morgan fingerprint density at radius 1 is 1.42 bits per heavy atom. The molecular weight excluding hydrogens is 150 g/mol. The first-order valence-electron chi connectivity index (χ1n) is 5.04. The molecule has 3 atom stereocenters. The van der Waals surface area contributed by atoms with E-state index in [2.05, 4.69) is 25.8 Å². The van der Waals surface area contributed by atoms with Crippen LogP contribution in [0.5, 0.6) is 0 Å². The summed E-state index contributed by atoms with van der Waals surface area (Å²) in [5.74, 6) is 0.715. The molecule has 0 bridgehead atoms. The number of hydrogen-bond acceptors (Lipinski definition) is 2. The molecule has 0 radical (unpaired) electrons. The zero-order valence-electron chi connectivity index (χ0n) is 8.34. The summed E-state index contributed by atoms with van der Waals surface area (Å²) < 4.78 is 5.96. The van der Waals surface area contributed by atoms with E-state index in [1.54, 1.807) is 0 Å². The predicted octanol–water partition coefficient (Wildman–Crippen LogP) is 1.85. The van der Waals surface area contributed by atoms with Crippen LogP contribution in [0.25, 0.3) is 0 Å². The fourth-order valence-corrected chi connectivity index (χ4v) is 2.72. The Hall–Kier alpha value is -0.0800. The van der Waals surface area contributed by atoms with Crippen LogP contribution in [0.15, 0.2) is 0 Å². The van der Waals surface area contributed by atoms with Crippen LogP contribution in [0.1, 0.15) is 33.1 Å². The summed E-state index contributed by atoms with van der Waals surface area (Å²) in [6, 6.07) is 0.602. The van der Waals surface area contributed by atoms with E-state index in [9.17, 15) is 0 Å². The van der Waals surface area contributed by atoms with E-state index < -0.39 is 0 Å². The summed E-state index contributed by atoms with van der Waals surface area (Å²) in [5, 5.41) is 0. The second-order valence-corrected chi connectivity index (χ2v) is 4.41. The van der Waals surface area contributed by atoms with Gasteiger partial charge in [-0.3, -0.25) is 4.90 Å². The van der Waals surface area contributed by atoms with Gasteiger partial charge in [0.05, 0.1) is 6.61 Å². The van der Waals surface area contributed by atoms with Crippen LogP contribution in [-0.2, 0) is 4.74 Å². The third-order valence-corrected chi connectivity index (χ3v) is 3.77. The van der Waals surface area contributed by atoms with Gasteiger partial charge in [0.25, 0.3) is 0 Å². The Morgan fingerprint density at radius 2 is 2.17 bits per heavy atom. The molecule has 1 spiro atoms. The number of hydrogen-bond donors (Lipinski definition) is 0. The lowest BCUT2D eigenvalue weighted by Crippen LogP contribution is -2.46. The SMILES string of the molecule is CC1COC2(CCCC2C)N1C. The maximum Gasteiger partial charge on any atom is 0.124 e. The quantitative estimate of drug-likeness (QED) is 0.549. The topological polar surface area (TPSA) is 12.5 Å². The van der Waals surface area contributed by atoms with Gasteiger partial charge in [-0.15, -0.1) is 0 Å². The lowest BCUT2D eigenvalue weighted by Gasteiger charge is -2.36. The van der Waals surface area contributed by atoms with Crippen molar-refractivity contribution < 1.29 is 4.74 Å². The van der Waals surface area contributed by atoms with Gasteiger partial charge in [-0.25, -0.2) is 0 Å². The minimum absolute atomic E-state index is 0.111. The van der Waals surface area contributed by atoms with Gasteiger partial charge in [0.2, 0.25) is 0 Å². The molecule has 2 nitrogen and oxygen atoms in total. The Morgan fingerprint density at radius 3 is 2.58 bits per heavy atom. The smallest absolute Gasteiger partial charge is 0.124 e. The van der Waals surface area contributed by atoms with Crippen LogP contribution >= 0.6 is 0 Å². The van der Waals surface area contributed by atoms with Crippen molar-refractivity contribution in [1.29, 1.82) is 0 Å². The largest absolute Gasteiger partial charge is 0.359 e. The Labute approximate surface area is 74.9 Å². The number of rotatable bonds is 0. The second-order valence-electron chi connectivity index (χ2n) is 4.41. The summed E-state index contributed by atoms with van der Waals surface area (Å²) in [6.45, 7) is 5.49. The van der Waals surface area contributed by atoms with E-state index in [-0.39, 0.29) is 5.72 Å². The molecular formula is C10H19NO. The van der Waals surface area contributed by atoms with E-state index in [1.165, 1.54) is 19.3 Å². The molecule has 0 aromatic heterocycles. The third kappa shape index (κ3) is 0.944. The molecule has 12 heavy (non-hydrogen) atoms. The summed E-state index contributed by atoms with van der Waals surface area (Å²) in [6.07, 6.45) is 3.89. The monoisotopic (exact) mass is 169 g/mol. The molecule has 2 fully saturated rings. The first-order chi connectivity index (χ1) is 5.67. The van der Waals surface area contributed by atoms with E-state index in [1.807, 2.05) is 0 Å². The molecule has 2 rings (SSSR count). The molecule has 0 aromatic carbocycles. The third-order valence-electron chi connectivity index (χ3n) is 3.77. The molecule has 1 aliphatic heterocycles. The van der Waals surface area contributed by atoms with Crippen LogP contribution < -0.4 is 0 Å². The Balaban J connectivity index is 2.20. The van der Waals surface area contributed by atoms with Gasteiger partial charge in [-0.05, 0) is 39.2 Å². The molecule has 0 N–H and O–H groups in total. The van der Waals surface area contributed by atoms with Crippen molar-refractivity contribution in [3.05, 3.63) is 0 Å². The normalized spacial score (nSPS) is 49.2. The fraction of sp³-hybridized carbons (Fsp3) is 1.00. The molecule has 1 saturated heterocycles. The number of ether oxygens (including phenoxy) is 1. The van der Waals surface area contributed by atoms with Gasteiger partial charge in [0, 0.05) is 6.04 Å². The predicted molar refractivity (Wildman–Crippen MR) is 48.9 cm³/mol. The Bertz CT molecular complexity index is 183. The maximum atomic E-state index is 5.96. The van der Waals surface area contributed by atoms with Crippen molar-refractivity contribution in [2.24, 2.45) is 5.92 Å². The summed E-state index contributed by atoms with van der Waals surface area (Å²) in [4.78, 5) is 2.44. The highest BCUT2D eigenvalue weighted by atomic mass is 16.5. The molecule has 1 aliphatic carbocycles. The molecule has 2 aliphatic rings. The van der Waals surface area contributed by atoms with Crippen molar-refractivity contribution in [2.45, 2.75) is 44.9 Å². The molecule has 1 heterocycles. The average Bonchev–Trinajstić information content (AvgIpc) is 2.54. The molecule has 0 aromatic rings. The second kappa shape index (κ2) is 2.71. The zero-order valence-corrected chi connectivity index (χ0v) is 8.34. The van der Waals surface area contributed by atoms with Gasteiger partial charge in [-0.1, -0.05) is 6.92 Å². The highest BCUT2D eigenvalue weighted by Crippen LogP contribution is 2.44. The summed E-state index contributed by atoms with van der Waals surface area (Å²) in [7, 11) is 2.21. The van der Waals surface area contributed by atoms with E-state index in [0.29, 0.717) is 12.0 Å². The van der Waals surface area contributed by atoms with Crippen molar-refractivity contribution in [3.8, 4) is 0 Å². The first-order valence-corrected chi connectivity index (χ1v) is 5.04. The minimum atomic E-state index is 0.111. The van der Waals surface area contributed by atoms with Crippen molar-refractivity contribution in [1.82, 2.24) is 4.90 Å². The number of likely N-dealkylation sites (N-methyl/N-ethyl adjacent to an activating group) is 1. The highest BCUT2D eigenvalue weighted by molar-refractivity contribution is 4.96. The average molecular weight is 169 g/mol. The van der Waals surface area contributed by atoms with Crippen LogP contribution in [0, 0.1) is 5.92 Å². The van der Waals surface area contributed by atoms with Gasteiger partial charge in [0.1, 0.15) is 5.72 Å². The molecule has 1 saturated carbocycles. The van der Waals surface area contributed by atoms with E-state index in [0.717, 1.165) is 6.61 Å². The van der Waals surface area contributed by atoms with Crippen LogP contribution in [0.3, 0.4) is 0 Å². The first kappa shape index (κ1) is 8.52. The summed E-state index contributed by atoms with van der Waals surface area (Å²) in [5.41, 5.74) is 0.111. The lowest BCUT2D eigenvalue weighted by molar-refractivity contribution is -0.0979. The molecule has 0 amide bonds. The highest BCUT2D eigenvalue weighted by Gasteiger charge is 2.50. The molecule has 70 valence electrons. The van der Waals surface area contributed by atoms with Crippen molar-refractivity contribution in [2.75, 3.05) is 13.7 Å². The standard InChI is InChI=1S/C10H19NO/c1-8-5-4-6-10(8)11(3)9(2)7-12-10/h8-9H,4-7H2,1-3H3. The van der Waals surface area contributed by atoms with Crippen LogP contribution in [-0.4, -0.2) is 30.3 Å². The number of nitrogens with zero attached hydrogens (tertiary/aromatic N) is 1. The minimum Gasteiger partial charge on any atom is -0.359 e. The van der Waals surface area contributed by atoms with Crippen LogP contribution in [0.2, 0.25) is 0 Å². The Kier molecular flexibility index (Phi) is 1.92. The van der Waals surface area contributed by atoms with E-state index >= 15 is 0 Å². The van der Waals surface area contributed by atoms with Crippen molar-refractivity contribution in [3.63, 3.8) is 0 Å². The van der Waals surface area contributed by atoms with Crippen molar-refractivity contribution >= 4 is 0 Å². The molecule has 2 heteroatoms. The summed E-state index contributed by atoms with van der Waals surface area (Å²) >= 11 is 0. The van der Waals surface area contributed by atoms with Gasteiger partial charge in [-0.2, -0.15) is 0 Å². The lowest BCUT2D eigenvalue weighted by atomic mass is 10.0. The van der Waals surface area contributed by atoms with Gasteiger partial charge < -0.3 is 4.74 Å². The van der Waals surface area contributed by atoms with Gasteiger partial charge >= 0.3 is 0 Å². The van der Waals surface area contributed by atoms with Gasteiger partial charge in [0.15, 0.2) is 0 Å².